The van der Waals surface area contributed by atoms with Gasteiger partial charge in [-0.3, -0.25) is 9.36 Å². The van der Waals surface area contributed by atoms with Crippen LogP contribution in [0.1, 0.15) is 5.56 Å². The molecular formula is C23H17Br2N5O2S. The lowest BCUT2D eigenvalue weighted by atomic mass is 10.2. The molecule has 0 aliphatic carbocycles. The molecule has 1 amide bonds. The van der Waals surface area contributed by atoms with Crippen molar-refractivity contribution in [1.29, 1.82) is 0 Å². The first-order valence-corrected chi connectivity index (χ1v) is 12.3. The van der Waals surface area contributed by atoms with Gasteiger partial charge >= 0.3 is 0 Å². The summed E-state index contributed by atoms with van der Waals surface area (Å²) in [5.74, 6) is 0.526. The Morgan fingerprint density at radius 2 is 1.82 bits per heavy atom. The fourth-order valence-electron chi connectivity index (χ4n) is 2.95. The Morgan fingerprint density at radius 1 is 1.03 bits per heavy atom. The van der Waals surface area contributed by atoms with Gasteiger partial charge in [-0.15, -0.1) is 10.2 Å². The molecule has 0 radical (unpaired) electrons. The maximum atomic E-state index is 12.3. The van der Waals surface area contributed by atoms with Gasteiger partial charge in [0.05, 0.1) is 12.0 Å². The summed E-state index contributed by atoms with van der Waals surface area (Å²) in [5, 5.41) is 23.1. The third-order valence-electron chi connectivity index (χ3n) is 4.45. The van der Waals surface area contributed by atoms with Crippen LogP contribution in [0.15, 0.2) is 92.0 Å². The van der Waals surface area contributed by atoms with Gasteiger partial charge in [0.1, 0.15) is 5.75 Å². The standard InChI is InChI=1S/C23H17Br2N5O2S/c24-17-6-4-5-15(11-17)22-28-29-23(30(22)19-7-2-1-3-8-19)33-14-21(32)27-26-13-16-12-18(25)9-10-20(16)31/h1-13,31H,14H2,(H,27,32)/b26-13-. The fraction of sp³-hybridized carbons (Fsp3) is 0.0435. The van der Waals surface area contributed by atoms with E-state index in [9.17, 15) is 9.90 Å². The number of carbonyl (C=O) groups excluding carboxylic acids is 1. The highest BCUT2D eigenvalue weighted by molar-refractivity contribution is 9.10. The zero-order valence-electron chi connectivity index (χ0n) is 17.0. The lowest BCUT2D eigenvalue weighted by molar-refractivity contribution is -0.118. The van der Waals surface area contributed by atoms with Crippen LogP contribution in [0.3, 0.4) is 0 Å². The summed E-state index contributed by atoms with van der Waals surface area (Å²) in [7, 11) is 0. The van der Waals surface area contributed by atoms with E-state index in [1.54, 1.807) is 18.2 Å². The fourth-order valence-corrected chi connectivity index (χ4v) is 4.48. The third-order valence-corrected chi connectivity index (χ3v) is 6.36. The summed E-state index contributed by atoms with van der Waals surface area (Å²) < 4.78 is 3.65. The van der Waals surface area contributed by atoms with Gasteiger partial charge in [0.15, 0.2) is 11.0 Å². The van der Waals surface area contributed by atoms with Gasteiger partial charge in [-0.1, -0.05) is 74.0 Å². The van der Waals surface area contributed by atoms with Crippen LogP contribution in [0.2, 0.25) is 0 Å². The minimum atomic E-state index is -0.308. The summed E-state index contributed by atoms with van der Waals surface area (Å²) in [5.41, 5.74) is 4.75. The number of phenols is 1. The number of carbonyl (C=O) groups is 1. The molecule has 33 heavy (non-hydrogen) atoms. The Hall–Kier alpha value is -2.95. The van der Waals surface area contributed by atoms with Crippen LogP contribution in [0, 0.1) is 0 Å². The van der Waals surface area contributed by atoms with Crippen molar-refractivity contribution < 1.29 is 9.90 Å². The van der Waals surface area contributed by atoms with Gasteiger partial charge in [-0.05, 0) is 42.5 Å². The van der Waals surface area contributed by atoms with Crippen LogP contribution in [0.5, 0.6) is 5.75 Å². The highest BCUT2D eigenvalue weighted by atomic mass is 79.9. The quantitative estimate of drug-likeness (QED) is 0.172. The Kier molecular flexibility index (Phi) is 7.58. The molecule has 4 rings (SSSR count). The molecule has 4 aromatic rings. The second-order valence-electron chi connectivity index (χ2n) is 6.77. The number of phenolic OH excluding ortho intramolecular Hbond substituents is 1. The van der Waals surface area contributed by atoms with Crippen molar-refractivity contribution in [2.24, 2.45) is 5.10 Å². The van der Waals surface area contributed by atoms with Crippen molar-refractivity contribution in [3.05, 3.63) is 87.3 Å². The lowest BCUT2D eigenvalue weighted by Gasteiger charge is -2.10. The Balaban J connectivity index is 1.50. The Morgan fingerprint density at radius 3 is 2.61 bits per heavy atom. The number of rotatable bonds is 7. The largest absolute Gasteiger partial charge is 0.507 e. The lowest BCUT2D eigenvalue weighted by Crippen LogP contribution is -2.20. The molecular weight excluding hydrogens is 570 g/mol. The molecule has 0 unspecified atom stereocenters. The van der Waals surface area contributed by atoms with Crippen LogP contribution in [0.4, 0.5) is 0 Å². The van der Waals surface area contributed by atoms with E-state index >= 15 is 0 Å². The number of aromatic nitrogens is 3. The average Bonchev–Trinajstić information content (AvgIpc) is 3.24. The van der Waals surface area contributed by atoms with Gasteiger partial charge in [-0.2, -0.15) is 5.10 Å². The molecule has 7 nitrogen and oxygen atoms in total. The van der Waals surface area contributed by atoms with Gasteiger partial charge in [-0.25, -0.2) is 5.43 Å². The molecule has 0 fully saturated rings. The predicted octanol–water partition coefficient (Wildman–Crippen LogP) is 5.41. The van der Waals surface area contributed by atoms with E-state index in [1.165, 1.54) is 18.0 Å². The van der Waals surface area contributed by atoms with Crippen molar-refractivity contribution >= 4 is 55.7 Å². The molecule has 0 saturated heterocycles. The van der Waals surface area contributed by atoms with Gasteiger partial charge < -0.3 is 5.11 Å². The molecule has 3 aromatic carbocycles. The molecule has 0 atom stereocenters. The first-order chi connectivity index (χ1) is 16.0. The van der Waals surface area contributed by atoms with Crippen molar-refractivity contribution in [2.75, 3.05) is 5.75 Å². The number of halogens is 2. The molecule has 0 aliphatic heterocycles. The van der Waals surface area contributed by atoms with Crippen LogP contribution in [-0.2, 0) is 4.79 Å². The maximum Gasteiger partial charge on any atom is 0.250 e. The van der Waals surface area contributed by atoms with Crippen molar-refractivity contribution in [2.45, 2.75) is 5.16 Å². The SMILES string of the molecule is O=C(CSc1nnc(-c2cccc(Br)c2)n1-c1ccccc1)N/N=C\c1cc(Br)ccc1O. The monoisotopic (exact) mass is 585 g/mol. The Bertz CT molecular complexity index is 1310. The minimum Gasteiger partial charge on any atom is -0.507 e. The highest BCUT2D eigenvalue weighted by Gasteiger charge is 2.17. The number of amides is 1. The molecule has 0 bridgehead atoms. The maximum absolute atomic E-state index is 12.3. The topological polar surface area (TPSA) is 92.4 Å². The average molecular weight is 587 g/mol. The number of benzene rings is 3. The highest BCUT2D eigenvalue weighted by Crippen LogP contribution is 2.29. The molecule has 0 aliphatic rings. The van der Waals surface area contributed by atoms with Crippen molar-refractivity contribution in [3.63, 3.8) is 0 Å². The summed E-state index contributed by atoms with van der Waals surface area (Å²) >= 11 is 8.09. The first-order valence-electron chi connectivity index (χ1n) is 9.71. The number of para-hydroxylation sites is 1. The zero-order valence-corrected chi connectivity index (χ0v) is 21.0. The van der Waals surface area contributed by atoms with E-state index in [0.29, 0.717) is 16.5 Å². The molecule has 10 heteroatoms. The second kappa shape index (κ2) is 10.8. The number of hydrogen-bond acceptors (Lipinski definition) is 6. The van der Waals surface area contributed by atoms with Crippen LogP contribution in [0.25, 0.3) is 17.1 Å². The predicted molar refractivity (Wildman–Crippen MR) is 137 cm³/mol. The van der Waals surface area contributed by atoms with Gasteiger partial charge in [0.25, 0.3) is 5.91 Å². The van der Waals surface area contributed by atoms with Crippen LogP contribution < -0.4 is 5.43 Å². The minimum absolute atomic E-state index is 0.0709. The van der Waals surface area contributed by atoms with E-state index in [1.807, 2.05) is 59.2 Å². The summed E-state index contributed by atoms with van der Waals surface area (Å²) in [6.07, 6.45) is 1.39. The molecule has 166 valence electrons. The van der Waals surface area contributed by atoms with Crippen LogP contribution >= 0.6 is 43.6 Å². The molecule has 1 aromatic heterocycles. The van der Waals surface area contributed by atoms with Crippen LogP contribution in [-0.4, -0.2) is 37.7 Å². The van der Waals surface area contributed by atoms with E-state index in [0.717, 1.165) is 20.2 Å². The number of hydrogen-bond donors (Lipinski definition) is 2. The van der Waals surface area contributed by atoms with Crippen molar-refractivity contribution in [1.82, 2.24) is 20.2 Å². The summed E-state index contributed by atoms with van der Waals surface area (Å²) in [6.45, 7) is 0. The number of hydrazone groups is 1. The first kappa shape index (κ1) is 23.2. The zero-order chi connectivity index (χ0) is 23.2. The number of aromatic hydroxyl groups is 1. The van der Waals surface area contributed by atoms with Gasteiger partial charge in [0, 0.05) is 25.8 Å². The van der Waals surface area contributed by atoms with Gasteiger partial charge in [0.2, 0.25) is 0 Å². The molecule has 2 N–H and O–H groups in total. The van der Waals surface area contributed by atoms with E-state index < -0.39 is 0 Å². The molecule has 0 saturated carbocycles. The molecule has 1 heterocycles. The number of nitrogens with zero attached hydrogens (tertiary/aromatic N) is 4. The van der Waals surface area contributed by atoms with E-state index in [2.05, 4.69) is 52.6 Å². The van der Waals surface area contributed by atoms with E-state index in [-0.39, 0.29) is 17.4 Å². The number of nitrogens with one attached hydrogen (secondary N) is 1. The molecule has 0 spiro atoms. The normalized spacial score (nSPS) is 11.1. The number of thioether (sulfide) groups is 1. The summed E-state index contributed by atoms with van der Waals surface area (Å²) in [6, 6.07) is 22.5. The third kappa shape index (κ3) is 5.89. The summed E-state index contributed by atoms with van der Waals surface area (Å²) in [4.78, 5) is 12.3. The smallest absolute Gasteiger partial charge is 0.250 e. The van der Waals surface area contributed by atoms with Crippen molar-refractivity contribution in [3.8, 4) is 22.8 Å². The van der Waals surface area contributed by atoms with E-state index in [4.69, 9.17) is 0 Å². The second-order valence-corrected chi connectivity index (χ2v) is 9.55. The Labute approximate surface area is 211 Å².